The van der Waals surface area contributed by atoms with Crippen LogP contribution in [0.5, 0.6) is 0 Å². The summed E-state index contributed by atoms with van der Waals surface area (Å²) in [6, 6.07) is 12.6. The Labute approximate surface area is 158 Å². The molecule has 0 saturated carbocycles. The minimum Gasteiger partial charge on any atom is -0.318 e. The number of hydrogen-bond acceptors (Lipinski definition) is 3. The highest BCUT2D eigenvalue weighted by atomic mass is 16.2. The Morgan fingerprint density at radius 3 is 2.19 bits per heavy atom. The molecule has 6 heteroatoms. The van der Waals surface area contributed by atoms with E-state index < -0.39 is 11.8 Å². The van der Waals surface area contributed by atoms with Crippen LogP contribution in [0.25, 0.3) is 0 Å². The average molecular weight is 365 g/mol. The van der Waals surface area contributed by atoms with E-state index in [-0.39, 0.29) is 5.91 Å². The number of nitrogens with one attached hydrogen (secondary N) is 2. The molecule has 0 spiro atoms. The number of nitrogens with zero attached hydrogens (tertiary/aromatic N) is 1. The molecule has 0 aliphatic carbocycles. The highest BCUT2D eigenvalue weighted by molar-refractivity contribution is 6.43. The molecule has 0 bridgehead atoms. The van der Waals surface area contributed by atoms with Gasteiger partial charge in [-0.3, -0.25) is 14.4 Å². The van der Waals surface area contributed by atoms with Crippen molar-refractivity contribution in [2.24, 2.45) is 0 Å². The Morgan fingerprint density at radius 2 is 1.63 bits per heavy atom. The van der Waals surface area contributed by atoms with E-state index in [4.69, 9.17) is 0 Å². The standard InChI is InChI=1S/C21H23N3O3/c1-3-15-6-8-16(9-7-15)22-20(26)21(27)23-17-10-11-18(14(2)13-17)24-12-4-5-19(24)25/h6-11,13H,3-5,12H2,1-2H3,(H,22,26)(H,23,27). The largest absolute Gasteiger partial charge is 0.318 e. The summed E-state index contributed by atoms with van der Waals surface area (Å²) in [6.07, 6.45) is 2.33. The van der Waals surface area contributed by atoms with Gasteiger partial charge >= 0.3 is 11.8 Å². The van der Waals surface area contributed by atoms with Crippen LogP contribution in [0.3, 0.4) is 0 Å². The van der Waals surface area contributed by atoms with Crippen LogP contribution in [-0.4, -0.2) is 24.3 Å². The first-order valence-corrected chi connectivity index (χ1v) is 9.10. The van der Waals surface area contributed by atoms with Gasteiger partial charge in [-0.1, -0.05) is 19.1 Å². The smallest absolute Gasteiger partial charge is 0.314 e. The maximum absolute atomic E-state index is 12.2. The first-order chi connectivity index (χ1) is 13.0. The summed E-state index contributed by atoms with van der Waals surface area (Å²) in [5.41, 5.74) is 3.97. The molecule has 3 rings (SSSR count). The molecule has 0 unspecified atom stereocenters. The van der Waals surface area contributed by atoms with Gasteiger partial charge in [-0.15, -0.1) is 0 Å². The molecule has 2 N–H and O–H groups in total. The molecule has 1 aliphatic rings. The van der Waals surface area contributed by atoms with E-state index >= 15 is 0 Å². The van der Waals surface area contributed by atoms with Crippen LogP contribution in [0.2, 0.25) is 0 Å². The summed E-state index contributed by atoms with van der Waals surface area (Å²) in [7, 11) is 0. The van der Waals surface area contributed by atoms with Crippen molar-refractivity contribution in [3.63, 3.8) is 0 Å². The first-order valence-electron chi connectivity index (χ1n) is 9.10. The summed E-state index contributed by atoms with van der Waals surface area (Å²) < 4.78 is 0. The fraction of sp³-hybridized carbons (Fsp3) is 0.286. The van der Waals surface area contributed by atoms with Gasteiger partial charge in [0.25, 0.3) is 0 Å². The molecular weight excluding hydrogens is 342 g/mol. The van der Waals surface area contributed by atoms with Gasteiger partial charge in [0.05, 0.1) is 0 Å². The zero-order valence-electron chi connectivity index (χ0n) is 15.5. The van der Waals surface area contributed by atoms with Gasteiger partial charge in [0.15, 0.2) is 0 Å². The van der Waals surface area contributed by atoms with Gasteiger partial charge < -0.3 is 15.5 Å². The quantitative estimate of drug-likeness (QED) is 0.817. The second-order valence-corrected chi connectivity index (χ2v) is 6.61. The molecule has 0 atom stereocenters. The maximum Gasteiger partial charge on any atom is 0.314 e. The number of hydrogen-bond donors (Lipinski definition) is 2. The lowest BCUT2D eigenvalue weighted by Crippen LogP contribution is -2.29. The van der Waals surface area contributed by atoms with E-state index in [2.05, 4.69) is 10.6 Å². The van der Waals surface area contributed by atoms with Gasteiger partial charge in [0.1, 0.15) is 0 Å². The number of rotatable bonds is 4. The van der Waals surface area contributed by atoms with Gasteiger partial charge in [-0.05, 0) is 61.2 Å². The lowest BCUT2D eigenvalue weighted by atomic mass is 10.1. The highest BCUT2D eigenvalue weighted by Gasteiger charge is 2.23. The maximum atomic E-state index is 12.2. The summed E-state index contributed by atoms with van der Waals surface area (Å²) >= 11 is 0. The number of carbonyl (C=O) groups is 3. The second-order valence-electron chi connectivity index (χ2n) is 6.61. The Balaban J connectivity index is 1.63. The Kier molecular flexibility index (Phi) is 5.54. The van der Waals surface area contributed by atoms with Crippen LogP contribution in [0.4, 0.5) is 17.1 Å². The fourth-order valence-electron chi connectivity index (χ4n) is 3.14. The lowest BCUT2D eigenvalue weighted by Gasteiger charge is -2.19. The molecule has 2 aromatic carbocycles. The molecule has 140 valence electrons. The van der Waals surface area contributed by atoms with Crippen LogP contribution in [0.15, 0.2) is 42.5 Å². The topological polar surface area (TPSA) is 78.5 Å². The normalized spacial score (nSPS) is 13.6. The van der Waals surface area contributed by atoms with Crippen molar-refractivity contribution in [3.8, 4) is 0 Å². The summed E-state index contributed by atoms with van der Waals surface area (Å²) in [5.74, 6) is -1.35. The van der Waals surface area contributed by atoms with E-state index in [0.29, 0.717) is 24.3 Å². The molecule has 0 radical (unpaired) electrons. The van der Waals surface area contributed by atoms with Crippen LogP contribution < -0.4 is 15.5 Å². The van der Waals surface area contributed by atoms with E-state index in [1.807, 2.05) is 26.0 Å². The van der Waals surface area contributed by atoms with Crippen LogP contribution in [0.1, 0.15) is 30.9 Å². The summed E-state index contributed by atoms with van der Waals surface area (Å²) in [6.45, 7) is 4.64. The van der Waals surface area contributed by atoms with Crippen LogP contribution >= 0.6 is 0 Å². The van der Waals surface area contributed by atoms with E-state index in [1.54, 1.807) is 35.2 Å². The molecular formula is C21H23N3O3. The van der Waals surface area contributed by atoms with Crippen LogP contribution in [0, 0.1) is 6.92 Å². The zero-order valence-corrected chi connectivity index (χ0v) is 15.5. The SMILES string of the molecule is CCc1ccc(NC(=O)C(=O)Nc2ccc(N3CCCC3=O)c(C)c2)cc1. The summed E-state index contributed by atoms with van der Waals surface area (Å²) in [5, 5.41) is 5.19. The monoisotopic (exact) mass is 365 g/mol. The van der Waals surface area contributed by atoms with E-state index in [1.165, 1.54) is 0 Å². The number of benzene rings is 2. The molecule has 6 nitrogen and oxygen atoms in total. The third-order valence-electron chi connectivity index (χ3n) is 4.65. The number of carbonyl (C=O) groups excluding carboxylic acids is 3. The second kappa shape index (κ2) is 8.03. The van der Waals surface area contributed by atoms with Crippen molar-refractivity contribution in [1.29, 1.82) is 0 Å². The predicted octanol–water partition coefficient (Wildman–Crippen LogP) is 3.26. The molecule has 27 heavy (non-hydrogen) atoms. The first kappa shape index (κ1) is 18.6. The van der Waals surface area contributed by atoms with Crippen molar-refractivity contribution in [1.82, 2.24) is 0 Å². The van der Waals surface area contributed by atoms with E-state index in [0.717, 1.165) is 29.7 Å². The van der Waals surface area contributed by atoms with Gasteiger partial charge in [-0.2, -0.15) is 0 Å². The van der Waals surface area contributed by atoms with Gasteiger partial charge in [0.2, 0.25) is 5.91 Å². The highest BCUT2D eigenvalue weighted by Crippen LogP contribution is 2.27. The molecule has 2 aromatic rings. The molecule has 1 aliphatic heterocycles. The molecule has 1 fully saturated rings. The minimum atomic E-state index is -0.737. The number of aryl methyl sites for hydroxylation is 2. The Morgan fingerprint density at radius 1 is 1.00 bits per heavy atom. The molecule has 1 saturated heterocycles. The lowest BCUT2D eigenvalue weighted by molar-refractivity contribution is -0.132. The Bertz CT molecular complexity index is 875. The van der Waals surface area contributed by atoms with Crippen LogP contribution in [-0.2, 0) is 20.8 Å². The van der Waals surface area contributed by atoms with Gasteiger partial charge in [-0.25, -0.2) is 0 Å². The molecule has 0 aromatic heterocycles. The zero-order chi connectivity index (χ0) is 19.4. The number of anilines is 3. The predicted molar refractivity (Wildman–Crippen MR) is 106 cm³/mol. The van der Waals surface area contributed by atoms with Crippen molar-refractivity contribution in [2.75, 3.05) is 22.1 Å². The van der Waals surface area contributed by atoms with Crippen molar-refractivity contribution in [3.05, 3.63) is 53.6 Å². The third kappa shape index (κ3) is 4.34. The third-order valence-corrected chi connectivity index (χ3v) is 4.65. The molecule has 1 heterocycles. The number of amides is 3. The summed E-state index contributed by atoms with van der Waals surface area (Å²) in [4.78, 5) is 37.9. The van der Waals surface area contributed by atoms with Crippen molar-refractivity contribution >= 4 is 34.8 Å². The fourth-order valence-corrected chi connectivity index (χ4v) is 3.14. The average Bonchev–Trinajstić information content (AvgIpc) is 3.08. The van der Waals surface area contributed by atoms with Gasteiger partial charge in [0, 0.05) is 30.0 Å². The minimum absolute atomic E-state index is 0.114. The van der Waals surface area contributed by atoms with E-state index in [9.17, 15) is 14.4 Å². The van der Waals surface area contributed by atoms with Crippen molar-refractivity contribution < 1.29 is 14.4 Å². The molecule has 3 amide bonds. The van der Waals surface area contributed by atoms with Crippen molar-refractivity contribution in [2.45, 2.75) is 33.1 Å². The Hall–Kier alpha value is -3.15.